The lowest BCUT2D eigenvalue weighted by Gasteiger charge is -2.36. The number of nitrogens with one attached hydrogen (secondary N) is 2. The maximum Gasteiger partial charge on any atom is 0.405 e. The lowest BCUT2D eigenvalue weighted by atomic mass is 9.88. The van der Waals surface area contributed by atoms with Gasteiger partial charge in [0.15, 0.2) is 0 Å². The molecule has 0 saturated carbocycles. The van der Waals surface area contributed by atoms with Gasteiger partial charge in [0.2, 0.25) is 0 Å². The Hall–Kier alpha value is -0.960. The summed E-state index contributed by atoms with van der Waals surface area (Å²) < 4.78 is 51.3. The van der Waals surface area contributed by atoms with E-state index in [-0.39, 0.29) is 6.04 Å². The van der Waals surface area contributed by atoms with E-state index in [1.54, 1.807) is 0 Å². The van der Waals surface area contributed by atoms with Gasteiger partial charge >= 0.3 is 6.18 Å². The Labute approximate surface area is 135 Å². The number of halogens is 3. The molecule has 2 heterocycles. The number of likely N-dealkylation sites (tertiary alicyclic amines) is 1. The number of nitrogens with zero attached hydrogens (tertiary/aromatic N) is 1. The molecule has 1 aromatic carbocycles. The minimum atomic E-state index is -4.25. The van der Waals surface area contributed by atoms with Crippen molar-refractivity contribution in [1.29, 1.82) is 0 Å². The Morgan fingerprint density at radius 2 is 1.96 bits per heavy atom. The number of alkyl halides is 3. The summed E-state index contributed by atoms with van der Waals surface area (Å²) in [5.74, 6) is -0.0484. The fraction of sp³-hybridized carbons (Fsp3) is 0.600. The number of rotatable bonds is 4. The van der Waals surface area contributed by atoms with Crippen LogP contribution in [0.3, 0.4) is 0 Å². The largest absolute Gasteiger partial charge is 0.405 e. The third-order valence-electron chi connectivity index (χ3n) is 4.55. The van der Waals surface area contributed by atoms with Gasteiger partial charge in [0.25, 0.3) is 0 Å². The molecule has 4 atom stereocenters. The zero-order valence-electron chi connectivity index (χ0n) is 12.6. The summed E-state index contributed by atoms with van der Waals surface area (Å²) in [5, 5.41) is 0. The van der Waals surface area contributed by atoms with E-state index in [0.29, 0.717) is 25.3 Å². The zero-order valence-corrected chi connectivity index (χ0v) is 13.4. The molecule has 0 spiro atoms. The van der Waals surface area contributed by atoms with Crippen molar-refractivity contribution in [3.05, 3.63) is 30.3 Å². The third-order valence-corrected chi connectivity index (χ3v) is 5.90. The highest BCUT2D eigenvalue weighted by molar-refractivity contribution is 7.85. The van der Waals surface area contributed by atoms with Crippen molar-refractivity contribution in [3.63, 3.8) is 0 Å². The first-order valence-electron chi connectivity index (χ1n) is 7.68. The van der Waals surface area contributed by atoms with E-state index < -0.39 is 28.9 Å². The van der Waals surface area contributed by atoms with Crippen LogP contribution < -0.4 is 10.9 Å². The molecule has 1 aromatic rings. The van der Waals surface area contributed by atoms with E-state index in [0.717, 1.165) is 11.4 Å². The lowest BCUT2D eigenvalue weighted by molar-refractivity contribution is -0.164. The normalized spacial score (nSPS) is 30.1. The third kappa shape index (κ3) is 3.93. The van der Waals surface area contributed by atoms with Crippen LogP contribution in [0.2, 0.25) is 0 Å². The Balaban J connectivity index is 1.55. The van der Waals surface area contributed by atoms with Crippen molar-refractivity contribution in [2.75, 3.05) is 25.4 Å². The Morgan fingerprint density at radius 1 is 1.22 bits per heavy atom. The number of hydrogen-bond donors (Lipinski definition) is 2. The molecule has 4 unspecified atom stereocenters. The topological polar surface area (TPSA) is 44.4 Å². The van der Waals surface area contributed by atoms with Crippen molar-refractivity contribution >= 4 is 10.8 Å². The van der Waals surface area contributed by atoms with Crippen molar-refractivity contribution in [2.45, 2.75) is 29.6 Å². The van der Waals surface area contributed by atoms with Crippen LogP contribution in [-0.4, -0.2) is 52.8 Å². The van der Waals surface area contributed by atoms with Gasteiger partial charge < -0.3 is 4.90 Å². The molecule has 4 nitrogen and oxygen atoms in total. The monoisotopic (exact) mass is 347 g/mol. The van der Waals surface area contributed by atoms with Gasteiger partial charge in [0, 0.05) is 35.7 Å². The summed E-state index contributed by atoms with van der Waals surface area (Å²) >= 11 is 0. The molecule has 8 heteroatoms. The second kappa shape index (κ2) is 6.88. The molecular weight excluding hydrogens is 327 g/mol. The molecule has 2 N–H and O–H groups in total. The minimum Gasteiger partial charge on any atom is -0.302 e. The molecule has 0 aromatic heterocycles. The number of benzene rings is 1. The lowest BCUT2D eigenvalue weighted by Crippen LogP contribution is -2.50. The molecule has 0 amide bonds. The summed E-state index contributed by atoms with van der Waals surface area (Å²) in [6.45, 7) is 1.66. The Bertz CT molecular complexity index is 555. The van der Waals surface area contributed by atoms with E-state index in [9.17, 15) is 17.4 Å². The van der Waals surface area contributed by atoms with Crippen molar-refractivity contribution in [1.82, 2.24) is 15.8 Å². The molecule has 2 fully saturated rings. The second-order valence-electron chi connectivity index (χ2n) is 6.03. The first-order chi connectivity index (χ1) is 10.9. The van der Waals surface area contributed by atoms with Crippen LogP contribution in [0.25, 0.3) is 0 Å². The first-order valence-corrected chi connectivity index (χ1v) is 9.00. The predicted molar refractivity (Wildman–Crippen MR) is 82.2 cm³/mol. The number of hydrogen-bond acceptors (Lipinski definition) is 4. The van der Waals surface area contributed by atoms with Gasteiger partial charge in [-0.05, 0) is 25.1 Å². The van der Waals surface area contributed by atoms with Crippen LogP contribution >= 0.6 is 0 Å². The minimum absolute atomic E-state index is 0.141. The number of fused-ring (bicyclic) bond motifs is 1. The zero-order chi connectivity index (χ0) is 16.4. The van der Waals surface area contributed by atoms with Crippen LogP contribution in [0.5, 0.6) is 0 Å². The summed E-state index contributed by atoms with van der Waals surface area (Å²) in [6, 6.07) is 7.51. The van der Waals surface area contributed by atoms with Gasteiger partial charge in [-0.3, -0.25) is 9.63 Å². The quantitative estimate of drug-likeness (QED) is 0.867. The van der Waals surface area contributed by atoms with Crippen LogP contribution in [0.4, 0.5) is 13.2 Å². The Kier molecular flexibility index (Phi) is 5.05. The highest BCUT2D eigenvalue weighted by Gasteiger charge is 2.52. The van der Waals surface area contributed by atoms with Crippen molar-refractivity contribution in [3.8, 4) is 0 Å². The SMILES string of the molecule is O=S(CCN1CCC2NNC(C(F)(F)F)C2C1)c1ccccc1. The molecule has 0 bridgehead atoms. The molecule has 128 valence electrons. The van der Waals surface area contributed by atoms with E-state index in [1.807, 2.05) is 35.2 Å². The molecular formula is C15H20F3N3OS. The Morgan fingerprint density at radius 3 is 2.65 bits per heavy atom. The fourth-order valence-electron chi connectivity index (χ4n) is 3.30. The molecule has 3 rings (SSSR count). The highest BCUT2D eigenvalue weighted by Crippen LogP contribution is 2.33. The number of hydrazine groups is 1. The van der Waals surface area contributed by atoms with Gasteiger partial charge in [-0.15, -0.1) is 0 Å². The molecule has 0 radical (unpaired) electrons. The van der Waals surface area contributed by atoms with E-state index in [4.69, 9.17) is 0 Å². The summed E-state index contributed by atoms with van der Waals surface area (Å²) in [4.78, 5) is 2.76. The molecule has 0 aliphatic carbocycles. The van der Waals surface area contributed by atoms with Gasteiger partial charge in [0.05, 0.1) is 10.8 Å². The summed E-state index contributed by atoms with van der Waals surface area (Å²) in [6.07, 6.45) is -3.58. The van der Waals surface area contributed by atoms with Crippen LogP contribution in [0.15, 0.2) is 35.2 Å². The molecule has 2 aliphatic rings. The maximum absolute atomic E-state index is 13.0. The van der Waals surface area contributed by atoms with Gasteiger partial charge in [0.1, 0.15) is 6.04 Å². The predicted octanol–water partition coefficient (Wildman–Crippen LogP) is 1.52. The van der Waals surface area contributed by atoms with Crippen LogP contribution in [0, 0.1) is 5.92 Å². The molecule has 23 heavy (non-hydrogen) atoms. The van der Waals surface area contributed by atoms with E-state index in [1.165, 1.54) is 0 Å². The van der Waals surface area contributed by atoms with Crippen molar-refractivity contribution in [2.24, 2.45) is 5.92 Å². The van der Waals surface area contributed by atoms with Crippen molar-refractivity contribution < 1.29 is 17.4 Å². The van der Waals surface area contributed by atoms with Crippen LogP contribution in [0.1, 0.15) is 6.42 Å². The van der Waals surface area contributed by atoms with Gasteiger partial charge in [-0.1, -0.05) is 18.2 Å². The standard InChI is InChI=1S/C15H20F3N3OS/c16-15(17,18)14-12-10-21(7-6-13(12)19-20-14)8-9-23(22)11-4-2-1-3-5-11/h1-5,12-14,19-20H,6-10H2. The van der Waals surface area contributed by atoms with E-state index >= 15 is 0 Å². The highest BCUT2D eigenvalue weighted by atomic mass is 32.2. The fourth-order valence-corrected chi connectivity index (χ4v) is 4.42. The second-order valence-corrected chi connectivity index (χ2v) is 7.60. The smallest absolute Gasteiger partial charge is 0.302 e. The average molecular weight is 347 g/mol. The maximum atomic E-state index is 13.0. The summed E-state index contributed by atoms with van der Waals surface area (Å²) in [5.41, 5.74) is 5.16. The van der Waals surface area contributed by atoms with Gasteiger partial charge in [-0.2, -0.15) is 13.2 Å². The van der Waals surface area contributed by atoms with E-state index in [2.05, 4.69) is 10.9 Å². The molecule has 2 aliphatic heterocycles. The summed E-state index contributed by atoms with van der Waals surface area (Å²) in [7, 11) is -1.11. The van der Waals surface area contributed by atoms with Gasteiger partial charge in [-0.25, -0.2) is 5.43 Å². The number of piperidine rings is 1. The van der Waals surface area contributed by atoms with Crippen LogP contribution in [-0.2, 0) is 10.8 Å². The first kappa shape index (κ1) is 16.9. The molecule has 2 saturated heterocycles. The average Bonchev–Trinajstić information content (AvgIpc) is 2.96.